The van der Waals surface area contributed by atoms with E-state index in [1.54, 1.807) is 0 Å². The van der Waals surface area contributed by atoms with E-state index >= 15 is 0 Å². The van der Waals surface area contributed by atoms with Gasteiger partial charge < -0.3 is 30.7 Å². The van der Waals surface area contributed by atoms with Crippen molar-refractivity contribution < 1.29 is 19.1 Å². The summed E-state index contributed by atoms with van der Waals surface area (Å²) in [5.41, 5.74) is 8.17. The standard InChI is InChI=1S/C59H88N4O4S2/c1-5-7-9-11-13-15-17-19-21-23-38-60-58(64)62-40-26-42-66-50-34-30-48(31-35-50)56-44-54(46(3)68-56)52-28-25-29-53(52)55-45-57(69-47(55)4)49-32-36-51(37-33-49)67-43-27-41-63-59(65)61-39-24-22-20-18-16-14-12-10-8-6-2/h30-37,44-45H,5-29,38-43H2,1-4H3,(H2,60,62,64)(H2,61,63,65). The third kappa shape index (κ3) is 20.9. The SMILES string of the molecule is CCCCCCCCCCCCNC(=O)NCCCOc1ccc(-c2cc(C3=C(c4cc(-c5ccc(OCCCNC(=O)NCCCCCCCCCCCC)cc5)sc4C)CCC3)c(C)s2)cc1. The molecule has 0 bridgehead atoms. The van der Waals surface area contributed by atoms with E-state index in [1.165, 1.54) is 175 Å². The third-order valence-corrected chi connectivity index (χ3v) is 15.6. The van der Waals surface area contributed by atoms with Crippen LogP contribution < -0.4 is 30.7 Å². The molecule has 2 aromatic carbocycles. The van der Waals surface area contributed by atoms with E-state index in [2.05, 4.69) is 110 Å². The largest absolute Gasteiger partial charge is 0.494 e. The summed E-state index contributed by atoms with van der Waals surface area (Å²) < 4.78 is 12.1. The lowest BCUT2D eigenvalue weighted by molar-refractivity contribution is 0.238. The second-order valence-corrected chi connectivity index (χ2v) is 21.7. The van der Waals surface area contributed by atoms with Crippen molar-refractivity contribution in [3.63, 3.8) is 0 Å². The second-order valence-electron chi connectivity index (χ2n) is 19.2. The zero-order valence-electron chi connectivity index (χ0n) is 43.1. The van der Waals surface area contributed by atoms with Crippen LogP contribution in [0.5, 0.6) is 11.5 Å². The minimum Gasteiger partial charge on any atom is -0.494 e. The maximum absolute atomic E-state index is 12.2. The molecule has 0 saturated heterocycles. The average Bonchev–Trinajstić information content (AvgIpc) is 4.10. The third-order valence-electron chi connectivity index (χ3n) is 13.4. The highest BCUT2D eigenvalue weighted by atomic mass is 32.1. The van der Waals surface area contributed by atoms with Gasteiger partial charge in [0.15, 0.2) is 0 Å². The van der Waals surface area contributed by atoms with Crippen molar-refractivity contribution in [2.45, 2.75) is 188 Å². The number of rotatable bonds is 36. The number of carbonyl (C=O) groups excluding carboxylic acids is 2. The van der Waals surface area contributed by atoms with Gasteiger partial charge in [-0.05, 0) is 153 Å². The molecule has 380 valence electrons. The van der Waals surface area contributed by atoms with Crippen LogP contribution in [0.2, 0.25) is 0 Å². The number of carbonyl (C=O) groups is 2. The van der Waals surface area contributed by atoms with E-state index < -0.39 is 0 Å². The fraction of sp³-hybridized carbons (Fsp3) is 0.593. The van der Waals surface area contributed by atoms with Gasteiger partial charge in [-0.25, -0.2) is 9.59 Å². The van der Waals surface area contributed by atoms with Gasteiger partial charge in [0.2, 0.25) is 0 Å². The number of aryl methyl sites for hydroxylation is 2. The molecule has 2 heterocycles. The molecule has 0 aliphatic heterocycles. The Balaban J connectivity index is 0.977. The Labute approximate surface area is 425 Å². The van der Waals surface area contributed by atoms with Crippen molar-refractivity contribution in [3.8, 4) is 32.4 Å². The number of nitrogens with one attached hydrogen (secondary N) is 4. The van der Waals surface area contributed by atoms with Crippen LogP contribution in [-0.2, 0) is 0 Å². The Hall–Kier alpha value is -4.28. The number of unbranched alkanes of at least 4 members (excludes halogenated alkanes) is 18. The molecule has 2 aromatic heterocycles. The Morgan fingerprint density at radius 2 is 0.768 bits per heavy atom. The van der Waals surface area contributed by atoms with Crippen molar-refractivity contribution in [3.05, 3.63) is 81.5 Å². The number of amides is 4. The highest BCUT2D eigenvalue weighted by molar-refractivity contribution is 7.16. The molecule has 0 unspecified atom stereocenters. The number of allylic oxidation sites excluding steroid dienone is 2. The minimum atomic E-state index is -0.0843. The first-order valence-corrected chi connectivity index (χ1v) is 28.9. The number of thiophene rings is 2. The fourth-order valence-corrected chi connectivity index (χ4v) is 11.4. The first kappa shape index (κ1) is 55.6. The molecule has 0 spiro atoms. The molecule has 8 nitrogen and oxygen atoms in total. The quantitative estimate of drug-likeness (QED) is 0.0341. The fourth-order valence-electron chi connectivity index (χ4n) is 9.30. The summed E-state index contributed by atoms with van der Waals surface area (Å²) in [5, 5.41) is 11.9. The van der Waals surface area contributed by atoms with Crippen LogP contribution in [0.1, 0.15) is 195 Å². The van der Waals surface area contributed by atoms with Gasteiger partial charge in [0.05, 0.1) is 13.2 Å². The Morgan fingerprint density at radius 1 is 0.449 bits per heavy atom. The summed E-state index contributed by atoms with van der Waals surface area (Å²) in [6.07, 6.45) is 30.8. The monoisotopic (exact) mass is 981 g/mol. The summed E-state index contributed by atoms with van der Waals surface area (Å²) in [4.78, 5) is 29.7. The molecule has 4 aromatic rings. The average molecular weight is 982 g/mol. The van der Waals surface area contributed by atoms with E-state index in [-0.39, 0.29) is 12.1 Å². The molecule has 1 aliphatic carbocycles. The lowest BCUT2D eigenvalue weighted by atomic mass is 9.96. The molecule has 0 atom stereocenters. The minimum absolute atomic E-state index is 0.0843. The molecule has 1 aliphatic rings. The molecule has 10 heteroatoms. The predicted molar refractivity (Wildman–Crippen MR) is 296 cm³/mol. The first-order valence-electron chi connectivity index (χ1n) is 27.3. The second kappa shape index (κ2) is 33.3. The lowest BCUT2D eigenvalue weighted by Crippen LogP contribution is -2.36. The molecule has 0 saturated carbocycles. The maximum atomic E-state index is 12.2. The molecule has 0 fully saturated rings. The zero-order valence-corrected chi connectivity index (χ0v) is 44.8. The van der Waals surface area contributed by atoms with Crippen LogP contribution in [0.25, 0.3) is 32.0 Å². The van der Waals surface area contributed by atoms with Crippen LogP contribution in [0.4, 0.5) is 9.59 Å². The molecule has 4 N–H and O–H groups in total. The van der Waals surface area contributed by atoms with Gasteiger partial charge in [0, 0.05) is 45.7 Å². The van der Waals surface area contributed by atoms with Crippen LogP contribution in [0.3, 0.4) is 0 Å². The normalized spacial score (nSPS) is 12.4. The van der Waals surface area contributed by atoms with E-state index in [0.29, 0.717) is 26.3 Å². The van der Waals surface area contributed by atoms with Crippen molar-refractivity contribution in [1.82, 2.24) is 21.3 Å². The highest BCUT2D eigenvalue weighted by Gasteiger charge is 2.23. The molecular formula is C59H88N4O4S2. The summed E-state index contributed by atoms with van der Waals surface area (Å²) >= 11 is 3.74. The molecule has 0 radical (unpaired) electrons. The van der Waals surface area contributed by atoms with Gasteiger partial charge in [-0.15, -0.1) is 22.7 Å². The number of hydrogen-bond donors (Lipinski definition) is 4. The summed E-state index contributed by atoms with van der Waals surface area (Å²) in [6, 6.07) is 21.5. The van der Waals surface area contributed by atoms with Gasteiger partial charge in [-0.1, -0.05) is 129 Å². The van der Waals surface area contributed by atoms with Crippen molar-refractivity contribution in [2.24, 2.45) is 0 Å². The van der Waals surface area contributed by atoms with Gasteiger partial charge >= 0.3 is 12.1 Å². The first-order chi connectivity index (χ1) is 33.9. The van der Waals surface area contributed by atoms with Gasteiger partial charge in [0.25, 0.3) is 0 Å². The molecule has 5 rings (SSSR count). The highest BCUT2D eigenvalue weighted by Crippen LogP contribution is 2.47. The zero-order chi connectivity index (χ0) is 48.7. The number of ether oxygens (including phenoxy) is 2. The van der Waals surface area contributed by atoms with Gasteiger partial charge in [-0.3, -0.25) is 0 Å². The molecular weight excluding hydrogens is 893 g/mol. The summed E-state index contributed by atoms with van der Waals surface area (Å²) in [5.74, 6) is 1.70. The maximum Gasteiger partial charge on any atom is 0.314 e. The van der Waals surface area contributed by atoms with Crippen molar-refractivity contribution >= 4 is 45.9 Å². The lowest BCUT2D eigenvalue weighted by Gasteiger charge is -2.09. The van der Waals surface area contributed by atoms with Crippen molar-refractivity contribution in [2.75, 3.05) is 39.4 Å². The van der Waals surface area contributed by atoms with E-state index in [0.717, 1.165) is 63.1 Å². The van der Waals surface area contributed by atoms with E-state index in [4.69, 9.17) is 9.47 Å². The summed E-state index contributed by atoms with van der Waals surface area (Å²) in [6.45, 7) is 12.8. The van der Waals surface area contributed by atoms with E-state index in [9.17, 15) is 9.59 Å². The topological polar surface area (TPSA) is 101 Å². The van der Waals surface area contributed by atoms with Crippen LogP contribution >= 0.6 is 22.7 Å². The van der Waals surface area contributed by atoms with Gasteiger partial charge in [-0.2, -0.15) is 0 Å². The van der Waals surface area contributed by atoms with Crippen LogP contribution in [-0.4, -0.2) is 51.5 Å². The Morgan fingerprint density at radius 3 is 1.12 bits per heavy atom. The summed E-state index contributed by atoms with van der Waals surface area (Å²) in [7, 11) is 0. The smallest absolute Gasteiger partial charge is 0.314 e. The van der Waals surface area contributed by atoms with Gasteiger partial charge in [0.1, 0.15) is 11.5 Å². The Kier molecular flexibility index (Phi) is 26.9. The molecule has 69 heavy (non-hydrogen) atoms. The van der Waals surface area contributed by atoms with Crippen LogP contribution in [0.15, 0.2) is 60.7 Å². The predicted octanol–water partition coefficient (Wildman–Crippen LogP) is 16.8. The van der Waals surface area contributed by atoms with Crippen LogP contribution in [0, 0.1) is 13.8 Å². The number of hydrogen-bond acceptors (Lipinski definition) is 6. The molecule has 4 amide bonds. The van der Waals surface area contributed by atoms with E-state index in [1.807, 2.05) is 22.7 Å². The van der Waals surface area contributed by atoms with Crippen molar-refractivity contribution in [1.29, 1.82) is 0 Å². The Bertz CT molecular complexity index is 1930. The number of benzene rings is 2. The number of urea groups is 2.